The summed E-state index contributed by atoms with van der Waals surface area (Å²) in [6, 6.07) is 5.38. The number of carbonyl (C=O) groups excluding carboxylic acids is 1. The van der Waals surface area contributed by atoms with E-state index in [0.29, 0.717) is 5.56 Å². The van der Waals surface area contributed by atoms with Crippen LogP contribution in [0, 0.1) is 18.8 Å². The Labute approximate surface area is 93.9 Å². The second-order valence-electron chi connectivity index (χ2n) is 3.28. The molecule has 0 aromatic heterocycles. The van der Waals surface area contributed by atoms with Crippen LogP contribution >= 0.6 is 0 Å². The van der Waals surface area contributed by atoms with Gasteiger partial charge in [0.25, 0.3) is 0 Å². The van der Waals surface area contributed by atoms with Gasteiger partial charge in [0.05, 0.1) is 6.54 Å². The third kappa shape index (κ3) is 3.16. The minimum Gasteiger partial charge on any atom is -0.295 e. The van der Waals surface area contributed by atoms with Gasteiger partial charge in [-0.1, -0.05) is 29.1 Å². The van der Waals surface area contributed by atoms with Crippen molar-refractivity contribution in [2.45, 2.75) is 13.8 Å². The largest absolute Gasteiger partial charge is 0.295 e. The first-order valence-corrected chi connectivity index (χ1v) is 4.76. The lowest BCUT2D eigenvalue weighted by molar-refractivity contribution is 0.101. The zero-order chi connectivity index (χ0) is 12.0. The van der Waals surface area contributed by atoms with Crippen molar-refractivity contribution in [2.75, 3.05) is 6.54 Å². The molecule has 0 amide bonds. The second-order valence-corrected chi connectivity index (χ2v) is 3.28. The minimum atomic E-state index is 0.0121. The summed E-state index contributed by atoms with van der Waals surface area (Å²) in [5.74, 6) is 5.62. The Bertz CT molecular complexity index is 517. The fourth-order valence-electron chi connectivity index (χ4n) is 1.18. The Hall–Kier alpha value is -2.24. The number of hydrogen-bond donors (Lipinski definition) is 0. The maximum absolute atomic E-state index is 11.2. The predicted octanol–water partition coefficient (Wildman–Crippen LogP) is 2.86. The quantitative estimate of drug-likeness (QED) is 0.245. The molecule has 0 saturated carbocycles. The highest BCUT2D eigenvalue weighted by Gasteiger charge is 2.01. The molecule has 0 aliphatic carbocycles. The lowest BCUT2D eigenvalue weighted by atomic mass is 10.0. The van der Waals surface area contributed by atoms with Gasteiger partial charge in [0, 0.05) is 16.0 Å². The van der Waals surface area contributed by atoms with Gasteiger partial charge in [-0.25, -0.2) is 0 Å². The van der Waals surface area contributed by atoms with E-state index in [1.165, 1.54) is 6.92 Å². The molecule has 4 heteroatoms. The van der Waals surface area contributed by atoms with E-state index in [0.717, 1.165) is 11.1 Å². The summed E-state index contributed by atoms with van der Waals surface area (Å²) in [5, 5.41) is 3.31. The summed E-state index contributed by atoms with van der Waals surface area (Å²) >= 11 is 0. The monoisotopic (exact) mass is 213 g/mol. The standard InChI is InChI=1S/C12H11N3O/c1-9-5-6-12(10(2)16)8-11(9)4-3-7-14-15-13/h5-6,8H,7H2,1-2H3. The van der Waals surface area contributed by atoms with E-state index in [9.17, 15) is 4.79 Å². The first kappa shape index (κ1) is 11.8. The molecule has 80 valence electrons. The van der Waals surface area contributed by atoms with Gasteiger partial charge in [-0.15, -0.1) is 0 Å². The van der Waals surface area contributed by atoms with Crippen LogP contribution in [0.1, 0.15) is 28.4 Å². The molecule has 0 aliphatic rings. The van der Waals surface area contributed by atoms with Crippen LogP contribution < -0.4 is 0 Å². The molecule has 0 bridgehead atoms. The van der Waals surface area contributed by atoms with Gasteiger partial charge in [0.15, 0.2) is 5.78 Å². The van der Waals surface area contributed by atoms with Crippen molar-refractivity contribution in [3.8, 4) is 11.8 Å². The van der Waals surface area contributed by atoms with Crippen molar-refractivity contribution in [1.29, 1.82) is 0 Å². The van der Waals surface area contributed by atoms with Crippen molar-refractivity contribution in [1.82, 2.24) is 0 Å². The highest BCUT2D eigenvalue weighted by atomic mass is 16.1. The van der Waals surface area contributed by atoms with Crippen LogP contribution in [0.2, 0.25) is 0 Å². The number of rotatable bonds is 2. The van der Waals surface area contributed by atoms with Crippen molar-refractivity contribution < 1.29 is 4.79 Å². The maximum atomic E-state index is 11.2. The molecule has 1 aromatic rings. The summed E-state index contributed by atoms with van der Waals surface area (Å²) in [6.07, 6.45) is 0. The Morgan fingerprint density at radius 1 is 1.56 bits per heavy atom. The van der Waals surface area contributed by atoms with Crippen LogP contribution in [-0.2, 0) is 0 Å². The molecule has 0 radical (unpaired) electrons. The van der Waals surface area contributed by atoms with Gasteiger partial charge in [-0.3, -0.25) is 4.79 Å². The summed E-state index contributed by atoms with van der Waals surface area (Å²) < 4.78 is 0. The number of azide groups is 1. The summed E-state index contributed by atoms with van der Waals surface area (Å²) in [6.45, 7) is 3.57. The van der Waals surface area contributed by atoms with Crippen LogP contribution in [0.25, 0.3) is 10.4 Å². The molecular weight excluding hydrogens is 202 g/mol. The molecule has 4 nitrogen and oxygen atoms in total. The Kier molecular flexibility index (Phi) is 4.14. The highest BCUT2D eigenvalue weighted by Crippen LogP contribution is 2.10. The van der Waals surface area contributed by atoms with Gasteiger partial charge >= 0.3 is 0 Å². The smallest absolute Gasteiger partial charge is 0.159 e. The Morgan fingerprint density at radius 2 is 2.31 bits per heavy atom. The number of benzene rings is 1. The zero-order valence-corrected chi connectivity index (χ0v) is 9.19. The predicted molar refractivity (Wildman–Crippen MR) is 62.1 cm³/mol. The van der Waals surface area contributed by atoms with Crippen LogP contribution in [0.4, 0.5) is 0 Å². The lowest BCUT2D eigenvalue weighted by Gasteiger charge is -2.00. The SMILES string of the molecule is CC(=O)c1ccc(C)c(C#CCN=[N+]=[N-])c1. The van der Waals surface area contributed by atoms with Gasteiger partial charge in [0.1, 0.15) is 0 Å². The van der Waals surface area contributed by atoms with Crippen molar-refractivity contribution >= 4 is 5.78 Å². The summed E-state index contributed by atoms with van der Waals surface area (Å²) in [7, 11) is 0. The molecular formula is C12H11N3O. The van der Waals surface area contributed by atoms with Crippen LogP contribution in [0.3, 0.4) is 0 Å². The fraction of sp³-hybridized carbons (Fsp3) is 0.250. The molecule has 1 aromatic carbocycles. The third-order valence-electron chi connectivity index (χ3n) is 2.08. The van der Waals surface area contributed by atoms with Crippen molar-refractivity contribution in [3.63, 3.8) is 0 Å². The van der Waals surface area contributed by atoms with Crippen molar-refractivity contribution in [3.05, 3.63) is 45.3 Å². The van der Waals surface area contributed by atoms with E-state index in [-0.39, 0.29) is 12.3 Å². The normalized spacial score (nSPS) is 8.62. The van der Waals surface area contributed by atoms with Gasteiger partial charge in [-0.2, -0.15) is 0 Å². The fourth-order valence-corrected chi connectivity index (χ4v) is 1.18. The van der Waals surface area contributed by atoms with E-state index in [1.807, 2.05) is 13.0 Å². The Morgan fingerprint density at radius 3 is 2.94 bits per heavy atom. The molecule has 0 N–H and O–H groups in total. The van der Waals surface area contributed by atoms with E-state index in [2.05, 4.69) is 21.9 Å². The maximum Gasteiger partial charge on any atom is 0.159 e. The first-order valence-electron chi connectivity index (χ1n) is 4.76. The molecule has 0 fully saturated rings. The number of hydrogen-bond acceptors (Lipinski definition) is 2. The molecule has 0 heterocycles. The molecule has 1 rings (SSSR count). The van der Waals surface area contributed by atoms with Gasteiger partial charge in [-0.05, 0) is 31.0 Å². The van der Waals surface area contributed by atoms with Gasteiger partial charge in [0.2, 0.25) is 0 Å². The lowest BCUT2D eigenvalue weighted by Crippen LogP contribution is -1.94. The third-order valence-corrected chi connectivity index (χ3v) is 2.08. The highest BCUT2D eigenvalue weighted by molar-refractivity contribution is 5.94. The van der Waals surface area contributed by atoms with E-state index >= 15 is 0 Å². The molecule has 0 unspecified atom stereocenters. The number of ketones is 1. The molecule has 0 saturated heterocycles. The molecule has 0 aliphatic heterocycles. The van der Waals surface area contributed by atoms with Crippen LogP contribution in [-0.4, -0.2) is 12.3 Å². The average molecular weight is 213 g/mol. The summed E-state index contributed by atoms with van der Waals surface area (Å²) in [4.78, 5) is 13.8. The average Bonchev–Trinajstić information content (AvgIpc) is 2.26. The van der Waals surface area contributed by atoms with E-state index in [1.54, 1.807) is 12.1 Å². The van der Waals surface area contributed by atoms with Crippen LogP contribution in [0.15, 0.2) is 23.3 Å². The molecule has 16 heavy (non-hydrogen) atoms. The first-order chi connectivity index (χ1) is 7.65. The Balaban J connectivity index is 3.01. The van der Waals surface area contributed by atoms with Crippen molar-refractivity contribution in [2.24, 2.45) is 5.11 Å². The number of aryl methyl sites for hydroxylation is 1. The number of Topliss-reactive ketones (excluding diaryl/α,β-unsaturated/α-hetero) is 1. The summed E-state index contributed by atoms with van der Waals surface area (Å²) in [5.41, 5.74) is 10.5. The molecule has 0 spiro atoms. The van der Waals surface area contributed by atoms with E-state index < -0.39 is 0 Å². The minimum absolute atomic E-state index is 0.0121. The number of carbonyl (C=O) groups is 1. The van der Waals surface area contributed by atoms with E-state index in [4.69, 9.17) is 5.53 Å². The van der Waals surface area contributed by atoms with Gasteiger partial charge < -0.3 is 0 Å². The number of nitrogens with zero attached hydrogens (tertiary/aromatic N) is 3. The van der Waals surface area contributed by atoms with Crippen LogP contribution in [0.5, 0.6) is 0 Å². The molecule has 0 atom stereocenters. The topological polar surface area (TPSA) is 65.8 Å². The second kappa shape index (κ2) is 5.59. The zero-order valence-electron chi connectivity index (χ0n) is 9.19.